The standard InChI is InChI=1S/C15H19NO5.C15H19NO4.C2H6/c1-10(8-13(17)18)14(19)16-12(15(20)21-2)9-11-6-4-3-5-7-11;1-11(8-9-17)14(18)16-13(15(19)20-2)10-12-6-4-3-5-7-12;1-2/h3-7,10,12H,8-9H2,1-2H3,(H,16,19)(H,17,18);3-7,9,11,13H,8,10H2,1-2H3,(H,16,18);1-2H3/t10-,12-;11-,13-;/m00./s1. The van der Waals surface area contributed by atoms with Crippen LogP contribution in [0.15, 0.2) is 60.7 Å². The lowest BCUT2D eigenvalue weighted by Crippen LogP contribution is -2.45. The Bertz CT molecular complexity index is 1140. The molecule has 0 saturated heterocycles. The lowest BCUT2D eigenvalue weighted by atomic mass is 10.0. The zero-order valence-corrected chi connectivity index (χ0v) is 25.7. The molecule has 0 aromatic heterocycles. The number of benzene rings is 2. The van der Waals surface area contributed by atoms with Gasteiger partial charge in [-0.05, 0) is 11.1 Å². The van der Waals surface area contributed by atoms with Gasteiger partial charge in [0.2, 0.25) is 11.8 Å². The fourth-order valence-corrected chi connectivity index (χ4v) is 3.60. The molecule has 2 amide bonds. The molecule has 2 aromatic rings. The fourth-order valence-electron chi connectivity index (χ4n) is 3.60. The van der Waals surface area contributed by atoms with E-state index in [4.69, 9.17) is 9.84 Å². The Labute approximate surface area is 253 Å². The SMILES string of the molecule is CC.COC(=O)[C@H](Cc1ccccc1)NC(=O)[C@@H](C)CC(=O)O.COC(=O)[C@H](Cc1ccccc1)NC(=O)[C@@H](C)CC=O. The number of carboxylic acid groups (broad SMARTS) is 1. The average Bonchev–Trinajstić information content (AvgIpc) is 3.01. The van der Waals surface area contributed by atoms with Crippen LogP contribution in [0.2, 0.25) is 0 Å². The molecule has 0 bridgehead atoms. The van der Waals surface area contributed by atoms with E-state index >= 15 is 0 Å². The molecule has 0 aliphatic rings. The molecule has 0 fully saturated rings. The van der Waals surface area contributed by atoms with Crippen LogP contribution in [-0.4, -0.2) is 67.4 Å². The fraction of sp³-hybridized carbons (Fsp3) is 0.438. The third-order valence-electron chi connectivity index (χ3n) is 6.00. The summed E-state index contributed by atoms with van der Waals surface area (Å²) in [5.41, 5.74) is 1.80. The third-order valence-corrected chi connectivity index (χ3v) is 6.00. The topological polar surface area (TPSA) is 165 Å². The summed E-state index contributed by atoms with van der Waals surface area (Å²) in [6.45, 7) is 7.14. The predicted molar refractivity (Wildman–Crippen MR) is 161 cm³/mol. The van der Waals surface area contributed by atoms with Crippen molar-refractivity contribution in [1.29, 1.82) is 0 Å². The Kier molecular flexibility index (Phi) is 19.8. The minimum Gasteiger partial charge on any atom is -0.481 e. The highest BCUT2D eigenvalue weighted by atomic mass is 16.5. The second-order valence-corrected chi connectivity index (χ2v) is 9.35. The third kappa shape index (κ3) is 15.9. The van der Waals surface area contributed by atoms with Crippen LogP contribution in [0.25, 0.3) is 0 Å². The molecule has 0 saturated carbocycles. The van der Waals surface area contributed by atoms with Gasteiger partial charge < -0.3 is 30.0 Å². The number of methoxy groups -OCH3 is 2. The van der Waals surface area contributed by atoms with Crippen molar-refractivity contribution in [3.8, 4) is 0 Å². The van der Waals surface area contributed by atoms with Gasteiger partial charge in [-0.1, -0.05) is 88.4 Å². The van der Waals surface area contributed by atoms with Crippen molar-refractivity contribution in [3.05, 3.63) is 71.8 Å². The van der Waals surface area contributed by atoms with E-state index in [1.54, 1.807) is 6.92 Å². The summed E-state index contributed by atoms with van der Waals surface area (Å²) in [7, 11) is 2.52. The molecule has 4 atom stereocenters. The molecule has 236 valence electrons. The summed E-state index contributed by atoms with van der Waals surface area (Å²) in [5, 5.41) is 13.9. The van der Waals surface area contributed by atoms with Crippen LogP contribution >= 0.6 is 0 Å². The summed E-state index contributed by atoms with van der Waals surface area (Å²) >= 11 is 0. The first kappa shape index (κ1) is 38.5. The number of carbonyl (C=O) groups is 6. The summed E-state index contributed by atoms with van der Waals surface area (Å²) in [4.78, 5) is 68.3. The molecule has 0 spiro atoms. The van der Waals surface area contributed by atoms with Gasteiger partial charge in [-0.15, -0.1) is 0 Å². The van der Waals surface area contributed by atoms with Gasteiger partial charge in [0.25, 0.3) is 0 Å². The van der Waals surface area contributed by atoms with Crippen LogP contribution in [0.3, 0.4) is 0 Å². The number of carbonyl (C=O) groups excluding carboxylic acids is 5. The Hall–Kier alpha value is -4.54. The van der Waals surface area contributed by atoms with Crippen molar-refractivity contribution in [2.45, 2.75) is 65.5 Å². The molecule has 0 aliphatic carbocycles. The Morgan fingerprint density at radius 2 is 1.09 bits per heavy atom. The number of amides is 2. The van der Waals surface area contributed by atoms with Crippen molar-refractivity contribution in [2.75, 3.05) is 14.2 Å². The van der Waals surface area contributed by atoms with Gasteiger partial charge in [-0.25, -0.2) is 9.59 Å². The van der Waals surface area contributed by atoms with E-state index in [9.17, 15) is 28.8 Å². The molecular formula is C32H44N2O9. The van der Waals surface area contributed by atoms with Gasteiger partial charge in [0.1, 0.15) is 18.4 Å². The second kappa shape index (κ2) is 22.1. The maximum absolute atomic E-state index is 11.9. The molecule has 0 heterocycles. The van der Waals surface area contributed by atoms with Gasteiger partial charge in [0, 0.05) is 31.1 Å². The lowest BCUT2D eigenvalue weighted by Gasteiger charge is -2.18. The van der Waals surface area contributed by atoms with Crippen LogP contribution in [-0.2, 0) is 51.1 Å². The van der Waals surface area contributed by atoms with Crippen LogP contribution in [0.4, 0.5) is 0 Å². The highest BCUT2D eigenvalue weighted by Crippen LogP contribution is 2.09. The van der Waals surface area contributed by atoms with Crippen LogP contribution in [0.5, 0.6) is 0 Å². The van der Waals surface area contributed by atoms with Crippen molar-refractivity contribution in [1.82, 2.24) is 10.6 Å². The zero-order chi connectivity index (χ0) is 32.8. The summed E-state index contributed by atoms with van der Waals surface area (Å²) in [5.74, 6) is -4.11. The number of aldehydes is 1. The summed E-state index contributed by atoms with van der Waals surface area (Å²) in [6.07, 6.45) is 1.18. The maximum Gasteiger partial charge on any atom is 0.328 e. The number of ether oxygens (including phenoxy) is 2. The number of rotatable bonds is 14. The van der Waals surface area contributed by atoms with E-state index in [1.807, 2.05) is 74.5 Å². The van der Waals surface area contributed by atoms with E-state index in [2.05, 4.69) is 15.4 Å². The monoisotopic (exact) mass is 600 g/mol. The Morgan fingerprint density at radius 3 is 1.42 bits per heavy atom. The molecule has 0 aliphatic heterocycles. The molecule has 2 rings (SSSR count). The van der Waals surface area contributed by atoms with Crippen molar-refractivity contribution in [3.63, 3.8) is 0 Å². The zero-order valence-electron chi connectivity index (χ0n) is 25.7. The molecular weight excluding hydrogens is 556 g/mol. The van der Waals surface area contributed by atoms with Crippen molar-refractivity contribution >= 4 is 36.0 Å². The van der Waals surface area contributed by atoms with Gasteiger partial charge in [0.05, 0.1) is 20.6 Å². The molecule has 11 heteroatoms. The molecule has 3 N–H and O–H groups in total. The second-order valence-electron chi connectivity index (χ2n) is 9.35. The van der Waals surface area contributed by atoms with Crippen LogP contribution in [0, 0.1) is 11.8 Å². The van der Waals surface area contributed by atoms with Gasteiger partial charge in [-0.2, -0.15) is 0 Å². The van der Waals surface area contributed by atoms with E-state index < -0.39 is 47.7 Å². The van der Waals surface area contributed by atoms with E-state index in [1.165, 1.54) is 21.1 Å². The number of hydrogen-bond donors (Lipinski definition) is 3. The smallest absolute Gasteiger partial charge is 0.328 e. The van der Waals surface area contributed by atoms with Gasteiger partial charge >= 0.3 is 17.9 Å². The van der Waals surface area contributed by atoms with Gasteiger partial charge in [-0.3, -0.25) is 14.4 Å². The van der Waals surface area contributed by atoms with Crippen molar-refractivity contribution < 1.29 is 43.3 Å². The predicted octanol–water partition coefficient (Wildman–Crippen LogP) is 3.14. The average molecular weight is 601 g/mol. The van der Waals surface area contributed by atoms with E-state index in [-0.39, 0.29) is 18.7 Å². The molecule has 43 heavy (non-hydrogen) atoms. The highest BCUT2D eigenvalue weighted by Gasteiger charge is 2.26. The summed E-state index contributed by atoms with van der Waals surface area (Å²) in [6, 6.07) is 17.0. The van der Waals surface area contributed by atoms with Crippen LogP contribution in [0.1, 0.15) is 51.7 Å². The normalized spacial score (nSPS) is 12.6. The van der Waals surface area contributed by atoms with Crippen molar-refractivity contribution in [2.24, 2.45) is 11.8 Å². The molecule has 0 radical (unpaired) electrons. The lowest BCUT2D eigenvalue weighted by molar-refractivity contribution is -0.146. The highest BCUT2D eigenvalue weighted by molar-refractivity contribution is 5.88. The first-order valence-corrected chi connectivity index (χ1v) is 14.0. The Balaban J connectivity index is 0.000000776. The summed E-state index contributed by atoms with van der Waals surface area (Å²) < 4.78 is 9.38. The van der Waals surface area contributed by atoms with E-state index in [0.29, 0.717) is 19.1 Å². The molecule has 2 aromatic carbocycles. The molecule has 11 nitrogen and oxygen atoms in total. The minimum atomic E-state index is -1.06. The first-order valence-electron chi connectivity index (χ1n) is 14.0. The van der Waals surface area contributed by atoms with E-state index in [0.717, 1.165) is 11.1 Å². The largest absolute Gasteiger partial charge is 0.481 e. The number of esters is 2. The number of aliphatic carboxylic acids is 1. The maximum atomic E-state index is 11.9. The molecule has 0 unspecified atom stereocenters. The number of nitrogens with one attached hydrogen (secondary N) is 2. The number of hydrogen-bond acceptors (Lipinski definition) is 8. The Morgan fingerprint density at radius 1 is 0.721 bits per heavy atom. The number of carboxylic acids is 1. The van der Waals surface area contributed by atoms with Crippen LogP contribution < -0.4 is 10.6 Å². The minimum absolute atomic E-state index is 0.130. The van der Waals surface area contributed by atoms with Gasteiger partial charge in [0.15, 0.2) is 0 Å². The first-order chi connectivity index (χ1) is 20.5. The quantitative estimate of drug-likeness (QED) is 0.218.